The van der Waals surface area contributed by atoms with E-state index in [1.54, 1.807) is 23.7 Å². The summed E-state index contributed by atoms with van der Waals surface area (Å²) >= 11 is 1.57. The first-order valence-corrected chi connectivity index (χ1v) is 11.1. The molecule has 1 aliphatic heterocycles. The van der Waals surface area contributed by atoms with Gasteiger partial charge >= 0.3 is 6.03 Å². The fraction of sp³-hybridized carbons (Fsp3) is 0.273. The smallest absolute Gasteiger partial charge is 0.319 e. The van der Waals surface area contributed by atoms with Crippen LogP contribution in [0.15, 0.2) is 60.2 Å². The average Bonchev–Trinajstić information content (AvgIpc) is 3.35. The lowest BCUT2D eigenvalue weighted by Gasteiger charge is -2.35. The zero-order valence-electron chi connectivity index (χ0n) is 17.0. The molecule has 8 nitrogen and oxygen atoms in total. The number of hydrogen-bond donors (Lipinski definition) is 2. The predicted molar refractivity (Wildman–Crippen MR) is 122 cm³/mol. The molecule has 2 aromatic heterocycles. The van der Waals surface area contributed by atoms with Gasteiger partial charge in [0.15, 0.2) is 0 Å². The molecule has 0 unspecified atom stereocenters. The van der Waals surface area contributed by atoms with Gasteiger partial charge in [0.25, 0.3) is 0 Å². The fourth-order valence-corrected chi connectivity index (χ4v) is 4.05. The van der Waals surface area contributed by atoms with Crippen molar-refractivity contribution in [2.75, 3.05) is 42.9 Å². The Balaban J connectivity index is 1.16. The molecule has 1 saturated heterocycles. The summed E-state index contributed by atoms with van der Waals surface area (Å²) < 4.78 is 0. The Bertz CT molecular complexity index is 987. The van der Waals surface area contributed by atoms with Gasteiger partial charge in [0.2, 0.25) is 5.91 Å². The lowest BCUT2D eigenvalue weighted by molar-refractivity contribution is -0.131. The number of nitrogens with one attached hydrogen (secondary N) is 2. The molecule has 2 N–H and O–H groups in total. The first kappa shape index (κ1) is 20.8. The number of urea groups is 1. The topological polar surface area (TPSA) is 90.5 Å². The fourth-order valence-electron chi connectivity index (χ4n) is 3.40. The number of anilines is 2. The van der Waals surface area contributed by atoms with Crippen LogP contribution in [0.5, 0.6) is 0 Å². The minimum atomic E-state index is -0.324. The van der Waals surface area contributed by atoms with Gasteiger partial charge in [0.1, 0.15) is 10.8 Å². The highest BCUT2D eigenvalue weighted by Gasteiger charge is 2.21. The van der Waals surface area contributed by atoms with Gasteiger partial charge in [-0.2, -0.15) is 0 Å². The molecule has 1 aliphatic rings. The number of benzene rings is 1. The molecule has 4 rings (SSSR count). The molecule has 3 aromatic rings. The Labute approximate surface area is 184 Å². The van der Waals surface area contributed by atoms with Gasteiger partial charge in [-0.05, 0) is 36.4 Å². The monoisotopic (exact) mass is 436 g/mol. The molecule has 160 valence electrons. The van der Waals surface area contributed by atoms with Crippen LogP contribution in [0.1, 0.15) is 6.42 Å². The number of rotatable bonds is 6. The third-order valence-corrected chi connectivity index (χ3v) is 5.87. The molecule has 0 aliphatic carbocycles. The van der Waals surface area contributed by atoms with E-state index in [0.29, 0.717) is 25.3 Å². The number of pyridine rings is 1. The molecule has 31 heavy (non-hydrogen) atoms. The van der Waals surface area contributed by atoms with Gasteiger partial charge in [0, 0.05) is 68.2 Å². The van der Waals surface area contributed by atoms with E-state index in [4.69, 9.17) is 0 Å². The number of aromatic nitrogens is 2. The summed E-state index contributed by atoms with van der Waals surface area (Å²) in [4.78, 5) is 37.2. The van der Waals surface area contributed by atoms with Crippen LogP contribution in [0.2, 0.25) is 0 Å². The maximum atomic E-state index is 12.4. The summed E-state index contributed by atoms with van der Waals surface area (Å²) in [6, 6.07) is 13.0. The van der Waals surface area contributed by atoms with Crippen molar-refractivity contribution in [2.45, 2.75) is 6.42 Å². The van der Waals surface area contributed by atoms with E-state index in [1.165, 1.54) is 0 Å². The van der Waals surface area contributed by atoms with Crippen LogP contribution in [0.25, 0.3) is 10.6 Å². The molecule has 1 aromatic carbocycles. The SMILES string of the molecule is O=C(NCCC(=O)N1CCN(c2ccccn2)CC1)Nc1ccc(-c2nccs2)cc1. The van der Waals surface area contributed by atoms with Crippen LogP contribution < -0.4 is 15.5 Å². The first-order chi connectivity index (χ1) is 15.2. The van der Waals surface area contributed by atoms with E-state index in [-0.39, 0.29) is 18.4 Å². The van der Waals surface area contributed by atoms with Gasteiger partial charge in [-0.3, -0.25) is 4.79 Å². The molecule has 3 heterocycles. The van der Waals surface area contributed by atoms with Crippen LogP contribution in [-0.2, 0) is 4.79 Å². The molecule has 3 amide bonds. The largest absolute Gasteiger partial charge is 0.353 e. The normalized spacial score (nSPS) is 13.7. The van der Waals surface area contributed by atoms with Gasteiger partial charge in [-0.15, -0.1) is 11.3 Å². The lowest BCUT2D eigenvalue weighted by atomic mass is 10.2. The molecule has 0 spiro atoms. The van der Waals surface area contributed by atoms with Crippen molar-refractivity contribution in [3.05, 3.63) is 60.2 Å². The van der Waals surface area contributed by atoms with Crippen molar-refractivity contribution < 1.29 is 9.59 Å². The maximum absolute atomic E-state index is 12.4. The third kappa shape index (κ3) is 5.58. The number of carbonyl (C=O) groups excluding carboxylic acids is 2. The highest BCUT2D eigenvalue weighted by molar-refractivity contribution is 7.13. The first-order valence-electron chi connectivity index (χ1n) is 10.2. The van der Waals surface area contributed by atoms with Crippen molar-refractivity contribution >= 4 is 34.8 Å². The molecule has 0 bridgehead atoms. The standard InChI is InChI=1S/C22H24N6O2S/c29-20(28-14-12-27(13-15-28)19-3-1-2-9-23-19)8-10-25-22(30)26-18-6-4-17(5-7-18)21-24-11-16-31-21/h1-7,9,11,16H,8,10,12-15H2,(H2,25,26,30). The van der Waals surface area contributed by atoms with E-state index in [1.807, 2.05) is 52.7 Å². The molecule has 0 saturated carbocycles. The molecular weight excluding hydrogens is 412 g/mol. The third-order valence-electron chi connectivity index (χ3n) is 5.05. The Morgan fingerprint density at radius 3 is 2.45 bits per heavy atom. The lowest BCUT2D eigenvalue weighted by Crippen LogP contribution is -2.49. The minimum Gasteiger partial charge on any atom is -0.353 e. The Hall–Kier alpha value is -3.46. The van der Waals surface area contributed by atoms with Crippen molar-refractivity contribution in [3.8, 4) is 10.6 Å². The molecule has 1 fully saturated rings. The number of thiazole rings is 1. The van der Waals surface area contributed by atoms with E-state index >= 15 is 0 Å². The summed E-state index contributed by atoms with van der Waals surface area (Å²) in [6.45, 7) is 3.13. The average molecular weight is 437 g/mol. The molecule has 0 atom stereocenters. The van der Waals surface area contributed by atoms with Crippen molar-refractivity contribution in [3.63, 3.8) is 0 Å². The van der Waals surface area contributed by atoms with Crippen LogP contribution >= 0.6 is 11.3 Å². The van der Waals surface area contributed by atoms with Crippen LogP contribution in [0.4, 0.5) is 16.3 Å². The quantitative estimate of drug-likeness (QED) is 0.620. The van der Waals surface area contributed by atoms with Crippen molar-refractivity contribution in [2.24, 2.45) is 0 Å². The Kier molecular flexibility index (Phi) is 6.73. The summed E-state index contributed by atoms with van der Waals surface area (Å²) in [7, 11) is 0. The van der Waals surface area contributed by atoms with Gasteiger partial charge < -0.3 is 20.4 Å². The second-order valence-electron chi connectivity index (χ2n) is 7.10. The van der Waals surface area contributed by atoms with E-state index < -0.39 is 0 Å². The maximum Gasteiger partial charge on any atom is 0.319 e. The molecule has 0 radical (unpaired) electrons. The molecule has 9 heteroatoms. The van der Waals surface area contributed by atoms with Crippen molar-refractivity contribution in [1.29, 1.82) is 0 Å². The van der Waals surface area contributed by atoms with E-state index in [0.717, 1.165) is 29.5 Å². The minimum absolute atomic E-state index is 0.0498. The van der Waals surface area contributed by atoms with Gasteiger partial charge in [0.05, 0.1) is 0 Å². The number of amides is 3. The number of carbonyl (C=O) groups is 2. The van der Waals surface area contributed by atoms with Gasteiger partial charge in [-0.25, -0.2) is 14.8 Å². The predicted octanol–water partition coefficient (Wildman–Crippen LogP) is 3.07. The van der Waals surface area contributed by atoms with Crippen molar-refractivity contribution in [1.82, 2.24) is 20.2 Å². The highest BCUT2D eigenvalue weighted by atomic mass is 32.1. The van der Waals surface area contributed by atoms with Crippen LogP contribution in [-0.4, -0.2) is 59.5 Å². The molecular formula is C22H24N6O2S. The zero-order chi connectivity index (χ0) is 21.5. The van der Waals surface area contributed by atoms with Gasteiger partial charge in [-0.1, -0.05) is 6.07 Å². The number of piperazine rings is 1. The van der Waals surface area contributed by atoms with E-state index in [2.05, 4.69) is 25.5 Å². The Morgan fingerprint density at radius 2 is 1.77 bits per heavy atom. The summed E-state index contributed by atoms with van der Waals surface area (Å²) in [5, 5.41) is 8.40. The van der Waals surface area contributed by atoms with Crippen LogP contribution in [0.3, 0.4) is 0 Å². The highest BCUT2D eigenvalue weighted by Crippen LogP contribution is 2.23. The summed E-state index contributed by atoms with van der Waals surface area (Å²) in [5.74, 6) is 0.987. The summed E-state index contributed by atoms with van der Waals surface area (Å²) in [5.41, 5.74) is 1.70. The number of hydrogen-bond acceptors (Lipinski definition) is 6. The Morgan fingerprint density at radius 1 is 0.968 bits per heavy atom. The van der Waals surface area contributed by atoms with Crippen LogP contribution in [0, 0.1) is 0 Å². The zero-order valence-corrected chi connectivity index (χ0v) is 17.8. The number of nitrogens with zero attached hydrogens (tertiary/aromatic N) is 4. The second kappa shape index (κ2) is 10.0. The summed E-state index contributed by atoms with van der Waals surface area (Å²) in [6.07, 6.45) is 3.82. The second-order valence-corrected chi connectivity index (χ2v) is 8.00. The van der Waals surface area contributed by atoms with E-state index in [9.17, 15) is 9.59 Å².